The van der Waals surface area contributed by atoms with Crippen LogP contribution in [-0.2, 0) is 11.3 Å². The van der Waals surface area contributed by atoms with E-state index in [2.05, 4.69) is 15.3 Å². The second-order valence-electron chi connectivity index (χ2n) is 7.51. The molecule has 0 unspecified atom stereocenters. The highest BCUT2D eigenvalue weighted by Gasteiger charge is 2.19. The fourth-order valence-electron chi connectivity index (χ4n) is 3.39. The molecule has 1 atom stereocenters. The summed E-state index contributed by atoms with van der Waals surface area (Å²) >= 11 is 0. The van der Waals surface area contributed by atoms with Crippen LogP contribution >= 0.6 is 0 Å². The van der Waals surface area contributed by atoms with Crippen LogP contribution in [0.1, 0.15) is 12.5 Å². The molecule has 0 saturated carbocycles. The van der Waals surface area contributed by atoms with Gasteiger partial charge in [-0.15, -0.1) is 0 Å². The number of anilines is 3. The van der Waals surface area contributed by atoms with Crippen LogP contribution in [0.25, 0.3) is 10.9 Å². The molecule has 0 aliphatic heterocycles. The molecule has 0 radical (unpaired) electrons. The maximum atomic E-state index is 14.4. The lowest BCUT2D eigenvalue weighted by atomic mass is 10.2. The Morgan fingerprint density at radius 1 is 1.06 bits per heavy atom. The Labute approximate surface area is 191 Å². The van der Waals surface area contributed by atoms with E-state index in [0.717, 1.165) is 5.56 Å². The van der Waals surface area contributed by atoms with Gasteiger partial charge in [-0.1, -0.05) is 30.3 Å². The Bertz CT molecular complexity index is 1240. The molecule has 0 fully saturated rings. The fourth-order valence-corrected chi connectivity index (χ4v) is 3.39. The number of aromatic nitrogens is 2. The maximum absolute atomic E-state index is 14.4. The van der Waals surface area contributed by atoms with Gasteiger partial charge in [0.2, 0.25) is 0 Å². The van der Waals surface area contributed by atoms with Crippen molar-refractivity contribution in [3.8, 4) is 11.5 Å². The summed E-state index contributed by atoms with van der Waals surface area (Å²) in [6.45, 7) is 2.74. The molecule has 4 rings (SSSR count). The van der Waals surface area contributed by atoms with E-state index in [1.165, 1.54) is 12.4 Å². The van der Waals surface area contributed by atoms with Crippen molar-refractivity contribution in [1.82, 2.24) is 9.97 Å². The number of benzene rings is 3. The maximum Gasteiger partial charge on any atom is 0.174 e. The van der Waals surface area contributed by atoms with Crippen LogP contribution in [0.15, 0.2) is 67.0 Å². The molecule has 0 amide bonds. The van der Waals surface area contributed by atoms with Crippen molar-refractivity contribution in [1.29, 1.82) is 0 Å². The third-order valence-corrected chi connectivity index (χ3v) is 4.97. The minimum Gasteiger partial charge on any atom is -0.493 e. The minimum atomic E-state index is -0.491. The van der Waals surface area contributed by atoms with Crippen LogP contribution in [-0.4, -0.2) is 29.8 Å². The molecule has 8 heteroatoms. The summed E-state index contributed by atoms with van der Waals surface area (Å²) in [6, 6.07) is 17.9. The van der Waals surface area contributed by atoms with E-state index in [0.29, 0.717) is 47.1 Å². The zero-order valence-electron chi connectivity index (χ0n) is 18.4. The smallest absolute Gasteiger partial charge is 0.174 e. The molecule has 0 aliphatic rings. The third-order valence-electron chi connectivity index (χ3n) is 4.97. The normalized spacial score (nSPS) is 11.8. The molecule has 4 aromatic rings. The lowest BCUT2D eigenvalue weighted by Gasteiger charge is -2.20. The largest absolute Gasteiger partial charge is 0.493 e. The molecule has 0 saturated heterocycles. The van der Waals surface area contributed by atoms with Gasteiger partial charge in [-0.3, -0.25) is 0 Å². The number of fused-ring (bicyclic) bond motifs is 1. The predicted octanol–water partition coefficient (Wildman–Crippen LogP) is 5.09. The topological polar surface area (TPSA) is 91.5 Å². The van der Waals surface area contributed by atoms with Gasteiger partial charge in [0, 0.05) is 5.69 Å². The minimum absolute atomic E-state index is 0.234. The van der Waals surface area contributed by atoms with E-state index in [-0.39, 0.29) is 11.8 Å². The Hall–Kier alpha value is -3.91. The number of ether oxygens (including phenoxy) is 3. The first-order valence-electron chi connectivity index (χ1n) is 10.5. The molecular formula is C25H25FN4O3. The fraction of sp³-hybridized carbons (Fsp3) is 0.200. The molecule has 33 heavy (non-hydrogen) atoms. The quantitative estimate of drug-likeness (QED) is 0.345. The van der Waals surface area contributed by atoms with Gasteiger partial charge in [0.05, 0.1) is 36.9 Å². The molecule has 7 nitrogen and oxygen atoms in total. The first-order valence-corrected chi connectivity index (χ1v) is 10.5. The standard InChI is InChI=1S/C25H25FN4O3/c1-16(13-32-14-17-6-4-3-5-7-17)33-24-22(31-2)11-10-21-23(24)25(29-15-28-21)30-20-9-8-18(27)12-19(20)26/h3-12,15-16H,13-14,27H2,1-2H3,(H,28,29,30)/t16-/m1/s1. The highest BCUT2D eigenvalue weighted by Crippen LogP contribution is 2.40. The van der Waals surface area contributed by atoms with Gasteiger partial charge in [0.25, 0.3) is 0 Å². The molecule has 1 heterocycles. The number of nitrogens with two attached hydrogens (primary N) is 1. The average molecular weight is 448 g/mol. The highest BCUT2D eigenvalue weighted by atomic mass is 19.1. The number of nitrogens with zero attached hydrogens (tertiary/aromatic N) is 2. The monoisotopic (exact) mass is 448 g/mol. The summed E-state index contributed by atoms with van der Waals surface area (Å²) in [7, 11) is 1.56. The van der Waals surface area contributed by atoms with Crippen molar-refractivity contribution in [2.45, 2.75) is 19.6 Å². The average Bonchev–Trinajstić information content (AvgIpc) is 2.82. The molecule has 3 N–H and O–H groups in total. The highest BCUT2D eigenvalue weighted by molar-refractivity contribution is 5.97. The lowest BCUT2D eigenvalue weighted by Crippen LogP contribution is -2.20. The molecule has 170 valence electrons. The van der Waals surface area contributed by atoms with Crippen molar-refractivity contribution < 1.29 is 18.6 Å². The van der Waals surface area contributed by atoms with Crippen LogP contribution in [0.3, 0.4) is 0 Å². The van der Waals surface area contributed by atoms with Crippen LogP contribution in [0, 0.1) is 5.82 Å². The number of halogens is 1. The van der Waals surface area contributed by atoms with E-state index in [4.69, 9.17) is 19.9 Å². The van der Waals surface area contributed by atoms with Crippen LogP contribution in [0.5, 0.6) is 11.5 Å². The summed E-state index contributed by atoms with van der Waals surface area (Å²) in [4.78, 5) is 8.66. The van der Waals surface area contributed by atoms with Crippen LogP contribution in [0.2, 0.25) is 0 Å². The Kier molecular flexibility index (Phi) is 6.85. The van der Waals surface area contributed by atoms with Gasteiger partial charge in [0.15, 0.2) is 11.5 Å². The summed E-state index contributed by atoms with van der Waals surface area (Å²) in [6.07, 6.45) is 1.11. The number of rotatable bonds is 9. The summed E-state index contributed by atoms with van der Waals surface area (Å²) < 4.78 is 32.0. The summed E-state index contributed by atoms with van der Waals surface area (Å²) in [5, 5.41) is 3.60. The Morgan fingerprint density at radius 2 is 1.88 bits per heavy atom. The van der Waals surface area contributed by atoms with Crippen molar-refractivity contribution in [3.63, 3.8) is 0 Å². The second-order valence-corrected chi connectivity index (χ2v) is 7.51. The third kappa shape index (κ3) is 5.30. The van der Waals surface area contributed by atoms with E-state index in [9.17, 15) is 4.39 Å². The zero-order chi connectivity index (χ0) is 23.2. The first-order chi connectivity index (χ1) is 16.0. The second kappa shape index (κ2) is 10.1. The Morgan fingerprint density at radius 3 is 2.64 bits per heavy atom. The van der Waals surface area contributed by atoms with Gasteiger partial charge in [-0.25, -0.2) is 14.4 Å². The van der Waals surface area contributed by atoms with Gasteiger partial charge >= 0.3 is 0 Å². The number of methoxy groups -OCH3 is 1. The van der Waals surface area contributed by atoms with Gasteiger partial charge in [-0.05, 0) is 42.8 Å². The SMILES string of the molecule is COc1ccc2ncnc(Nc3ccc(N)cc3F)c2c1O[C@H](C)COCc1ccccc1. The molecule has 0 bridgehead atoms. The number of nitrogens with one attached hydrogen (secondary N) is 1. The summed E-state index contributed by atoms with van der Waals surface area (Å²) in [5.74, 6) is 0.850. The summed E-state index contributed by atoms with van der Waals surface area (Å²) in [5.41, 5.74) is 7.93. The molecule has 1 aromatic heterocycles. The van der Waals surface area contributed by atoms with Crippen molar-refractivity contribution in [3.05, 3.63) is 78.4 Å². The van der Waals surface area contributed by atoms with E-state index in [1.807, 2.05) is 37.3 Å². The molecule has 0 aliphatic carbocycles. The Balaban J connectivity index is 1.60. The molecule has 3 aromatic carbocycles. The lowest BCUT2D eigenvalue weighted by molar-refractivity contribution is 0.0488. The number of hydrogen-bond donors (Lipinski definition) is 2. The molecule has 0 spiro atoms. The zero-order valence-corrected chi connectivity index (χ0v) is 18.4. The van der Waals surface area contributed by atoms with Gasteiger partial charge < -0.3 is 25.3 Å². The van der Waals surface area contributed by atoms with Crippen LogP contribution < -0.4 is 20.5 Å². The van der Waals surface area contributed by atoms with Gasteiger partial charge in [-0.2, -0.15) is 0 Å². The first kappa shape index (κ1) is 22.3. The van der Waals surface area contributed by atoms with Gasteiger partial charge in [0.1, 0.15) is 24.1 Å². The number of hydrogen-bond acceptors (Lipinski definition) is 7. The molecular weight excluding hydrogens is 423 g/mol. The predicted molar refractivity (Wildman–Crippen MR) is 126 cm³/mol. The van der Waals surface area contributed by atoms with Crippen molar-refractivity contribution in [2.75, 3.05) is 24.8 Å². The van der Waals surface area contributed by atoms with E-state index in [1.54, 1.807) is 31.4 Å². The number of nitrogen functional groups attached to an aromatic ring is 1. The van der Waals surface area contributed by atoms with Crippen LogP contribution in [0.4, 0.5) is 21.6 Å². The van der Waals surface area contributed by atoms with E-state index >= 15 is 0 Å². The van der Waals surface area contributed by atoms with Crippen molar-refractivity contribution >= 4 is 28.1 Å². The van der Waals surface area contributed by atoms with Crippen molar-refractivity contribution in [2.24, 2.45) is 0 Å². The van der Waals surface area contributed by atoms with E-state index < -0.39 is 5.82 Å².